The highest BCUT2D eigenvalue weighted by Gasteiger charge is 2.24. The van der Waals surface area contributed by atoms with Gasteiger partial charge in [0.05, 0.1) is 5.69 Å². The summed E-state index contributed by atoms with van der Waals surface area (Å²) in [6.07, 6.45) is 5.40. The maximum Gasteiger partial charge on any atom is 0.255 e. The van der Waals surface area contributed by atoms with Crippen LogP contribution in [0.5, 0.6) is 0 Å². The summed E-state index contributed by atoms with van der Waals surface area (Å²) in [5, 5.41) is 7.47. The number of nitrogens with zero attached hydrogens (tertiary/aromatic N) is 3. The van der Waals surface area contributed by atoms with E-state index in [9.17, 15) is 4.79 Å². The topological polar surface area (TPSA) is 59.3 Å². The highest BCUT2D eigenvalue weighted by Crippen LogP contribution is 2.35. The van der Waals surface area contributed by atoms with Crippen molar-refractivity contribution in [2.24, 2.45) is 0 Å². The van der Waals surface area contributed by atoms with Gasteiger partial charge in [0.25, 0.3) is 5.91 Å². The fraction of sp³-hybridized carbons (Fsp3) is 0.235. The lowest BCUT2D eigenvalue weighted by Crippen LogP contribution is -2.12. The smallest absolute Gasteiger partial charge is 0.255 e. The van der Waals surface area contributed by atoms with Gasteiger partial charge in [-0.2, -0.15) is 5.10 Å². The van der Waals surface area contributed by atoms with Crippen LogP contribution in [0.3, 0.4) is 0 Å². The molecular weight excluding hydrogens is 356 g/mol. The van der Waals surface area contributed by atoms with Crippen LogP contribution >= 0.6 is 15.9 Å². The summed E-state index contributed by atoms with van der Waals surface area (Å²) in [4.78, 5) is 17.0. The number of hydrogen-bond acceptors (Lipinski definition) is 3. The molecule has 0 aliphatic heterocycles. The average molecular weight is 371 g/mol. The summed E-state index contributed by atoms with van der Waals surface area (Å²) in [6.45, 7) is 0. The molecule has 5 nitrogen and oxygen atoms in total. The first-order valence-corrected chi connectivity index (χ1v) is 8.42. The molecule has 1 N–H and O–H groups in total. The van der Waals surface area contributed by atoms with E-state index in [-0.39, 0.29) is 5.91 Å². The van der Waals surface area contributed by atoms with E-state index in [0.29, 0.717) is 22.8 Å². The number of aromatic nitrogens is 3. The van der Waals surface area contributed by atoms with Crippen LogP contribution in [-0.4, -0.2) is 20.5 Å². The molecule has 1 saturated carbocycles. The lowest BCUT2D eigenvalue weighted by molar-refractivity contribution is 0.102. The summed E-state index contributed by atoms with van der Waals surface area (Å²) in [5.74, 6) is 1.19. The van der Waals surface area contributed by atoms with Gasteiger partial charge in [-0.1, -0.05) is 22.4 Å². The van der Waals surface area contributed by atoms with Gasteiger partial charge in [0.1, 0.15) is 0 Å². The molecule has 1 aliphatic rings. The molecule has 0 bridgehead atoms. The van der Waals surface area contributed by atoms with Crippen molar-refractivity contribution in [3.05, 3.63) is 58.5 Å². The van der Waals surface area contributed by atoms with Crippen molar-refractivity contribution in [3.8, 4) is 0 Å². The molecule has 1 aliphatic carbocycles. The van der Waals surface area contributed by atoms with Crippen molar-refractivity contribution < 1.29 is 4.79 Å². The van der Waals surface area contributed by atoms with E-state index >= 15 is 0 Å². The lowest BCUT2D eigenvalue weighted by atomic mass is 9.85. The first-order valence-electron chi connectivity index (χ1n) is 7.63. The Kier molecular flexibility index (Phi) is 3.61. The van der Waals surface area contributed by atoms with Crippen LogP contribution in [0.2, 0.25) is 0 Å². The number of benzene rings is 1. The second-order valence-electron chi connectivity index (χ2n) is 5.75. The van der Waals surface area contributed by atoms with Crippen molar-refractivity contribution in [2.75, 3.05) is 5.32 Å². The molecule has 1 aromatic carbocycles. The molecule has 2 heterocycles. The van der Waals surface area contributed by atoms with Crippen LogP contribution in [-0.2, 0) is 0 Å². The van der Waals surface area contributed by atoms with E-state index in [1.54, 1.807) is 16.6 Å². The molecule has 0 radical (unpaired) electrons. The quantitative estimate of drug-likeness (QED) is 0.757. The third-order valence-electron chi connectivity index (χ3n) is 4.20. The van der Waals surface area contributed by atoms with E-state index in [0.717, 1.165) is 23.1 Å². The number of carbonyl (C=O) groups excluding carboxylic acids is 1. The number of anilines is 1. The minimum atomic E-state index is -0.154. The minimum Gasteiger partial charge on any atom is -0.319 e. The second kappa shape index (κ2) is 5.77. The molecule has 6 heteroatoms. The van der Waals surface area contributed by atoms with Gasteiger partial charge in [0.2, 0.25) is 0 Å². The van der Waals surface area contributed by atoms with Crippen molar-refractivity contribution >= 4 is 33.2 Å². The SMILES string of the molecule is O=C(Nc1cccn2nc(C3CCC3)nc12)c1ccc(Br)cc1. The van der Waals surface area contributed by atoms with Crippen LogP contribution in [0.4, 0.5) is 5.69 Å². The number of carbonyl (C=O) groups is 1. The summed E-state index contributed by atoms with van der Waals surface area (Å²) in [7, 11) is 0. The third kappa shape index (κ3) is 2.74. The van der Waals surface area contributed by atoms with Crippen molar-refractivity contribution in [1.29, 1.82) is 0 Å². The standard InChI is InChI=1S/C17H15BrN4O/c18-13-8-6-12(7-9-13)17(23)19-14-5-2-10-22-16(14)20-15(21-22)11-3-1-4-11/h2,5-11H,1,3-4H2,(H,19,23). The van der Waals surface area contributed by atoms with E-state index in [4.69, 9.17) is 0 Å². The number of fused-ring (bicyclic) bond motifs is 1. The van der Waals surface area contributed by atoms with E-state index < -0.39 is 0 Å². The van der Waals surface area contributed by atoms with Crippen molar-refractivity contribution in [1.82, 2.24) is 14.6 Å². The monoisotopic (exact) mass is 370 g/mol. The molecule has 23 heavy (non-hydrogen) atoms. The fourth-order valence-electron chi connectivity index (χ4n) is 2.66. The third-order valence-corrected chi connectivity index (χ3v) is 4.73. The fourth-order valence-corrected chi connectivity index (χ4v) is 2.92. The summed E-state index contributed by atoms with van der Waals surface area (Å²) >= 11 is 3.37. The highest BCUT2D eigenvalue weighted by molar-refractivity contribution is 9.10. The first kappa shape index (κ1) is 14.4. The van der Waals surface area contributed by atoms with Gasteiger partial charge < -0.3 is 5.32 Å². The van der Waals surface area contributed by atoms with Crippen LogP contribution in [0.25, 0.3) is 5.65 Å². The maximum absolute atomic E-state index is 12.4. The van der Waals surface area contributed by atoms with Gasteiger partial charge in [-0.25, -0.2) is 9.50 Å². The first-order chi connectivity index (χ1) is 11.2. The number of nitrogens with one attached hydrogen (secondary N) is 1. The van der Waals surface area contributed by atoms with Crippen molar-refractivity contribution in [3.63, 3.8) is 0 Å². The van der Waals surface area contributed by atoms with Crippen LogP contribution in [0.1, 0.15) is 41.4 Å². The Morgan fingerprint density at radius 3 is 2.70 bits per heavy atom. The van der Waals surface area contributed by atoms with Crippen LogP contribution in [0.15, 0.2) is 47.1 Å². The molecule has 3 aromatic rings. The van der Waals surface area contributed by atoms with E-state index in [1.807, 2.05) is 30.5 Å². The van der Waals surface area contributed by atoms with Gasteiger partial charge in [-0.15, -0.1) is 0 Å². The van der Waals surface area contributed by atoms with Crippen LogP contribution < -0.4 is 5.32 Å². The van der Waals surface area contributed by atoms with Gasteiger partial charge in [-0.3, -0.25) is 4.79 Å². The maximum atomic E-state index is 12.4. The molecule has 0 atom stereocenters. The Bertz CT molecular complexity index is 868. The lowest BCUT2D eigenvalue weighted by Gasteiger charge is -2.21. The summed E-state index contributed by atoms with van der Waals surface area (Å²) in [5.41, 5.74) is 1.98. The van der Waals surface area contributed by atoms with Gasteiger partial charge >= 0.3 is 0 Å². The molecule has 0 spiro atoms. The predicted molar refractivity (Wildman–Crippen MR) is 91.7 cm³/mol. The molecule has 4 rings (SSSR count). The largest absolute Gasteiger partial charge is 0.319 e. The van der Waals surface area contributed by atoms with Gasteiger partial charge in [0.15, 0.2) is 11.5 Å². The Morgan fingerprint density at radius 2 is 2.00 bits per heavy atom. The molecule has 1 amide bonds. The zero-order valence-corrected chi connectivity index (χ0v) is 14.0. The van der Waals surface area contributed by atoms with E-state index in [1.165, 1.54) is 6.42 Å². The van der Waals surface area contributed by atoms with Crippen LogP contribution in [0, 0.1) is 0 Å². The zero-order valence-electron chi connectivity index (χ0n) is 12.4. The Hall–Kier alpha value is -2.21. The number of amides is 1. The second-order valence-corrected chi connectivity index (χ2v) is 6.66. The van der Waals surface area contributed by atoms with E-state index in [2.05, 4.69) is 31.3 Å². The minimum absolute atomic E-state index is 0.154. The summed E-state index contributed by atoms with van der Waals surface area (Å²) < 4.78 is 2.68. The highest BCUT2D eigenvalue weighted by atomic mass is 79.9. The Morgan fingerprint density at radius 1 is 1.22 bits per heavy atom. The number of pyridine rings is 1. The molecule has 0 saturated heterocycles. The molecule has 0 unspecified atom stereocenters. The molecule has 116 valence electrons. The number of hydrogen-bond donors (Lipinski definition) is 1. The summed E-state index contributed by atoms with van der Waals surface area (Å²) in [6, 6.07) is 11.0. The Balaban J connectivity index is 1.64. The van der Waals surface area contributed by atoms with Gasteiger partial charge in [-0.05, 0) is 49.2 Å². The zero-order chi connectivity index (χ0) is 15.8. The molecule has 2 aromatic heterocycles. The normalized spacial score (nSPS) is 14.7. The van der Waals surface area contributed by atoms with Crippen molar-refractivity contribution in [2.45, 2.75) is 25.2 Å². The number of halogens is 1. The predicted octanol–water partition coefficient (Wildman–Crippen LogP) is 4.01. The van der Waals surface area contributed by atoms with Gasteiger partial charge in [0, 0.05) is 22.2 Å². The molecular formula is C17H15BrN4O. The average Bonchev–Trinajstić information content (AvgIpc) is 2.90. The Labute approximate surface area is 141 Å². The number of rotatable bonds is 3. The molecule has 1 fully saturated rings.